The molecule has 6 nitrogen and oxygen atoms in total. The van der Waals surface area contributed by atoms with Crippen molar-refractivity contribution in [1.29, 1.82) is 10.5 Å². The highest BCUT2D eigenvalue weighted by molar-refractivity contribution is 5.77. The van der Waals surface area contributed by atoms with Gasteiger partial charge in [-0.25, -0.2) is 4.98 Å². The Labute approximate surface area is 144 Å². The van der Waals surface area contributed by atoms with Gasteiger partial charge in [0.05, 0.1) is 34.3 Å². The average Bonchev–Trinajstić information content (AvgIpc) is 2.65. The van der Waals surface area contributed by atoms with E-state index in [0.717, 1.165) is 0 Å². The molecule has 0 aliphatic rings. The predicted molar refractivity (Wildman–Crippen MR) is 95.0 cm³/mol. The summed E-state index contributed by atoms with van der Waals surface area (Å²) in [5.41, 5.74) is 1.82. The van der Waals surface area contributed by atoms with Crippen LogP contribution in [0.3, 0.4) is 0 Å². The maximum Gasteiger partial charge on any atom is 0.258 e. The van der Waals surface area contributed by atoms with Gasteiger partial charge in [-0.15, -0.1) is 0 Å². The number of fused-ring (bicyclic) bond motifs is 1. The summed E-state index contributed by atoms with van der Waals surface area (Å²) in [4.78, 5) is 21.4. The second-order valence-electron chi connectivity index (χ2n) is 5.47. The highest BCUT2D eigenvalue weighted by Gasteiger charge is 2.16. The van der Waals surface area contributed by atoms with Crippen LogP contribution in [0.4, 0.5) is 5.69 Å². The summed E-state index contributed by atoms with van der Waals surface area (Å²) in [6.07, 6.45) is 0. The van der Waals surface area contributed by atoms with E-state index in [1.807, 2.05) is 17.9 Å². The molecule has 122 valence electrons. The molecule has 0 amide bonds. The van der Waals surface area contributed by atoms with Crippen molar-refractivity contribution in [2.24, 2.45) is 0 Å². The fourth-order valence-electron chi connectivity index (χ4n) is 2.80. The predicted octanol–water partition coefficient (Wildman–Crippen LogP) is 2.69. The molecule has 0 fully saturated rings. The van der Waals surface area contributed by atoms with Crippen LogP contribution < -0.4 is 10.5 Å². The number of H-pyrrole nitrogens is 1. The van der Waals surface area contributed by atoms with Crippen LogP contribution >= 0.6 is 0 Å². The number of anilines is 1. The van der Waals surface area contributed by atoms with Crippen molar-refractivity contribution >= 4 is 16.6 Å². The van der Waals surface area contributed by atoms with Crippen LogP contribution in [0.2, 0.25) is 0 Å². The second kappa shape index (κ2) is 6.86. The zero-order valence-corrected chi connectivity index (χ0v) is 13.7. The molecule has 3 rings (SSSR count). The molecule has 25 heavy (non-hydrogen) atoms. The number of nitrogens with zero attached hydrogens (tertiary/aromatic N) is 4. The minimum Gasteiger partial charge on any atom is -0.362 e. The summed E-state index contributed by atoms with van der Waals surface area (Å²) in [6.45, 7) is 2.78. The lowest BCUT2D eigenvalue weighted by Gasteiger charge is -2.24. The van der Waals surface area contributed by atoms with Gasteiger partial charge in [0.25, 0.3) is 5.56 Å². The van der Waals surface area contributed by atoms with Crippen molar-refractivity contribution in [2.75, 3.05) is 11.4 Å². The van der Waals surface area contributed by atoms with E-state index in [4.69, 9.17) is 0 Å². The first-order valence-corrected chi connectivity index (χ1v) is 7.84. The summed E-state index contributed by atoms with van der Waals surface area (Å²) in [5, 5.41) is 19.3. The molecule has 6 heteroatoms. The van der Waals surface area contributed by atoms with E-state index >= 15 is 0 Å². The zero-order chi connectivity index (χ0) is 17.8. The van der Waals surface area contributed by atoms with Gasteiger partial charge >= 0.3 is 0 Å². The first-order valence-electron chi connectivity index (χ1n) is 7.84. The Hall–Kier alpha value is -3.64. The smallest absolute Gasteiger partial charge is 0.258 e. The second-order valence-corrected chi connectivity index (χ2v) is 5.47. The Balaban J connectivity index is 2.07. The van der Waals surface area contributed by atoms with Gasteiger partial charge in [0.2, 0.25) is 0 Å². The Morgan fingerprint density at radius 2 is 1.76 bits per heavy atom. The number of benzene rings is 2. The number of nitriles is 2. The third kappa shape index (κ3) is 3.06. The van der Waals surface area contributed by atoms with Crippen LogP contribution in [-0.4, -0.2) is 16.5 Å². The number of nitrogens with one attached hydrogen (secondary N) is 1. The molecule has 0 saturated heterocycles. The summed E-state index contributed by atoms with van der Waals surface area (Å²) in [6, 6.07) is 16.4. The van der Waals surface area contributed by atoms with Crippen molar-refractivity contribution < 1.29 is 0 Å². The van der Waals surface area contributed by atoms with E-state index < -0.39 is 0 Å². The third-order valence-corrected chi connectivity index (χ3v) is 3.98. The van der Waals surface area contributed by atoms with E-state index in [-0.39, 0.29) is 5.56 Å². The van der Waals surface area contributed by atoms with Crippen LogP contribution in [-0.2, 0) is 6.54 Å². The monoisotopic (exact) mass is 329 g/mol. The molecule has 0 aliphatic heterocycles. The summed E-state index contributed by atoms with van der Waals surface area (Å²) < 4.78 is 0. The van der Waals surface area contributed by atoms with Crippen LogP contribution in [0.5, 0.6) is 0 Å². The fraction of sp³-hybridized carbons (Fsp3) is 0.158. The van der Waals surface area contributed by atoms with Crippen LogP contribution in [0.25, 0.3) is 10.9 Å². The van der Waals surface area contributed by atoms with E-state index in [0.29, 0.717) is 46.6 Å². The highest BCUT2D eigenvalue weighted by atomic mass is 16.1. The van der Waals surface area contributed by atoms with Gasteiger partial charge in [-0.05, 0) is 31.2 Å². The Morgan fingerprint density at radius 1 is 1.08 bits per heavy atom. The van der Waals surface area contributed by atoms with Gasteiger partial charge in [0.1, 0.15) is 18.0 Å². The number of para-hydroxylation sites is 2. The van der Waals surface area contributed by atoms with Gasteiger partial charge in [-0.2, -0.15) is 10.5 Å². The minimum absolute atomic E-state index is 0.203. The Kier molecular flexibility index (Phi) is 4.45. The molecule has 1 aromatic heterocycles. The molecular formula is C19H15N5O. The molecule has 3 aromatic rings. The first-order chi connectivity index (χ1) is 12.2. The van der Waals surface area contributed by atoms with E-state index in [1.54, 1.807) is 36.4 Å². The molecule has 2 aromatic carbocycles. The summed E-state index contributed by atoms with van der Waals surface area (Å²) in [7, 11) is 0. The summed E-state index contributed by atoms with van der Waals surface area (Å²) >= 11 is 0. The van der Waals surface area contributed by atoms with Crippen molar-refractivity contribution in [2.45, 2.75) is 13.5 Å². The number of hydrogen-bond acceptors (Lipinski definition) is 5. The number of aromatic nitrogens is 2. The van der Waals surface area contributed by atoms with E-state index in [1.165, 1.54) is 0 Å². The van der Waals surface area contributed by atoms with Gasteiger partial charge in [0.15, 0.2) is 0 Å². The van der Waals surface area contributed by atoms with Crippen LogP contribution in [0.1, 0.15) is 23.9 Å². The molecule has 0 spiro atoms. The fourth-order valence-corrected chi connectivity index (χ4v) is 2.80. The Bertz CT molecular complexity index is 1040. The quantitative estimate of drug-likeness (QED) is 0.794. The van der Waals surface area contributed by atoms with Crippen LogP contribution in [0.15, 0.2) is 47.3 Å². The van der Waals surface area contributed by atoms with Crippen molar-refractivity contribution in [3.8, 4) is 12.1 Å². The topological polar surface area (TPSA) is 96.6 Å². The lowest BCUT2D eigenvalue weighted by atomic mass is 10.1. The number of hydrogen-bond donors (Lipinski definition) is 1. The molecule has 0 bridgehead atoms. The molecule has 0 aliphatic carbocycles. The standard InChI is InChI=1S/C19H15N5O/c1-2-24(18-13(10-20)6-5-7-14(18)11-21)12-17-22-16-9-4-3-8-15(16)19(25)23-17/h3-9H,2,12H2,1H3,(H,22,23,25). The van der Waals surface area contributed by atoms with Gasteiger partial charge in [0, 0.05) is 6.54 Å². The molecule has 0 atom stereocenters. The summed E-state index contributed by atoms with van der Waals surface area (Å²) in [5.74, 6) is 0.488. The Morgan fingerprint density at radius 3 is 2.40 bits per heavy atom. The molecule has 1 heterocycles. The van der Waals surface area contributed by atoms with Crippen LogP contribution in [0, 0.1) is 22.7 Å². The minimum atomic E-state index is -0.203. The normalized spacial score (nSPS) is 10.2. The lowest BCUT2D eigenvalue weighted by Crippen LogP contribution is -2.26. The molecule has 0 radical (unpaired) electrons. The largest absolute Gasteiger partial charge is 0.362 e. The maximum absolute atomic E-state index is 12.2. The lowest BCUT2D eigenvalue weighted by molar-refractivity contribution is 0.779. The average molecular weight is 329 g/mol. The molecule has 0 unspecified atom stereocenters. The van der Waals surface area contributed by atoms with Gasteiger partial charge < -0.3 is 9.88 Å². The SMILES string of the molecule is CCN(Cc1nc2ccccc2c(=O)[nH]1)c1c(C#N)cccc1C#N. The zero-order valence-electron chi connectivity index (χ0n) is 13.7. The van der Waals surface area contributed by atoms with Crippen molar-refractivity contribution in [1.82, 2.24) is 9.97 Å². The van der Waals surface area contributed by atoms with Crippen molar-refractivity contribution in [3.63, 3.8) is 0 Å². The highest BCUT2D eigenvalue weighted by Crippen LogP contribution is 2.26. The number of aromatic amines is 1. The van der Waals surface area contributed by atoms with Gasteiger partial charge in [-0.3, -0.25) is 4.79 Å². The third-order valence-electron chi connectivity index (χ3n) is 3.98. The van der Waals surface area contributed by atoms with E-state index in [9.17, 15) is 15.3 Å². The molecular weight excluding hydrogens is 314 g/mol. The maximum atomic E-state index is 12.2. The first kappa shape index (κ1) is 16.2. The molecule has 1 N–H and O–H groups in total. The number of rotatable bonds is 4. The van der Waals surface area contributed by atoms with Crippen molar-refractivity contribution in [3.05, 3.63) is 69.8 Å². The molecule has 0 saturated carbocycles. The van der Waals surface area contributed by atoms with E-state index in [2.05, 4.69) is 22.1 Å². The van der Waals surface area contributed by atoms with Gasteiger partial charge in [-0.1, -0.05) is 18.2 Å².